The van der Waals surface area contributed by atoms with E-state index in [0.717, 1.165) is 22.3 Å². The first-order chi connectivity index (χ1) is 22.7. The third-order valence-corrected chi connectivity index (χ3v) is 9.38. The molecule has 0 aliphatic heterocycles. The van der Waals surface area contributed by atoms with Crippen LogP contribution in [0.15, 0.2) is 108 Å². The lowest BCUT2D eigenvalue weighted by molar-refractivity contribution is -0.141. The Kier molecular flexibility index (Phi) is 13.0. The fourth-order valence-corrected chi connectivity index (χ4v) is 6.36. The minimum absolute atomic E-state index is 0.149. The van der Waals surface area contributed by atoms with Gasteiger partial charge in [-0.25, -0.2) is 13.1 Å². The highest BCUT2D eigenvalue weighted by atomic mass is 32.2. The molecule has 0 radical (unpaired) electrons. The minimum atomic E-state index is -3.57. The molecule has 0 heterocycles. The maximum absolute atomic E-state index is 14.0. The zero-order valence-corrected chi connectivity index (χ0v) is 28.0. The molecule has 0 bridgehead atoms. The van der Waals surface area contributed by atoms with Crippen molar-refractivity contribution >= 4 is 21.8 Å². The van der Waals surface area contributed by atoms with Gasteiger partial charge in [0.05, 0.1) is 19.1 Å². The number of benzene rings is 4. The summed E-state index contributed by atoms with van der Waals surface area (Å²) in [4.78, 5) is 29.8. The number of amides is 2. The van der Waals surface area contributed by atoms with Crippen LogP contribution in [-0.2, 0) is 45.4 Å². The highest BCUT2D eigenvalue weighted by Crippen LogP contribution is 2.27. The molecule has 0 fully saturated rings. The van der Waals surface area contributed by atoms with Crippen LogP contribution >= 0.6 is 0 Å². The SMILES string of the molecule is CCNS(=O)(=O)c1ccc(CCC(=O)N(Cc2ccccc2)C(Cc2ccccc2)C(=O)NCCc2ccc(OC)c(OC)c2)cc1. The zero-order chi connectivity index (χ0) is 33.6. The highest BCUT2D eigenvalue weighted by molar-refractivity contribution is 7.89. The van der Waals surface area contributed by atoms with Gasteiger partial charge < -0.3 is 19.7 Å². The van der Waals surface area contributed by atoms with E-state index in [4.69, 9.17) is 9.47 Å². The Balaban J connectivity index is 1.54. The fourth-order valence-electron chi connectivity index (χ4n) is 5.32. The van der Waals surface area contributed by atoms with E-state index in [0.29, 0.717) is 43.9 Å². The Morgan fingerprint density at radius 2 is 1.36 bits per heavy atom. The molecule has 0 spiro atoms. The second-order valence-corrected chi connectivity index (χ2v) is 12.9. The lowest BCUT2D eigenvalue weighted by Crippen LogP contribution is -2.50. The maximum Gasteiger partial charge on any atom is 0.243 e. The fraction of sp³-hybridized carbons (Fsp3) is 0.297. The van der Waals surface area contributed by atoms with Crippen LogP contribution in [-0.4, -0.2) is 58.5 Å². The number of nitrogens with zero attached hydrogens (tertiary/aromatic N) is 1. The number of aryl methyl sites for hydroxylation is 1. The number of nitrogens with one attached hydrogen (secondary N) is 2. The molecule has 0 saturated heterocycles. The second-order valence-electron chi connectivity index (χ2n) is 11.1. The average Bonchev–Trinajstić information content (AvgIpc) is 3.09. The van der Waals surface area contributed by atoms with Crippen LogP contribution in [0.3, 0.4) is 0 Å². The van der Waals surface area contributed by atoms with E-state index >= 15 is 0 Å². The van der Waals surface area contributed by atoms with Gasteiger partial charge in [0.15, 0.2) is 11.5 Å². The van der Waals surface area contributed by atoms with Crippen molar-refractivity contribution in [2.45, 2.75) is 50.1 Å². The van der Waals surface area contributed by atoms with Crippen molar-refractivity contribution in [2.75, 3.05) is 27.3 Å². The van der Waals surface area contributed by atoms with Crippen LogP contribution in [0.4, 0.5) is 0 Å². The summed E-state index contributed by atoms with van der Waals surface area (Å²) in [6.07, 6.45) is 1.45. The van der Waals surface area contributed by atoms with Gasteiger partial charge in [-0.3, -0.25) is 9.59 Å². The Morgan fingerprint density at radius 1 is 0.745 bits per heavy atom. The van der Waals surface area contributed by atoms with E-state index in [-0.39, 0.29) is 29.7 Å². The maximum atomic E-state index is 14.0. The Labute approximate surface area is 278 Å². The van der Waals surface area contributed by atoms with Crippen molar-refractivity contribution in [3.63, 3.8) is 0 Å². The summed E-state index contributed by atoms with van der Waals surface area (Å²) in [5.41, 5.74) is 3.66. The van der Waals surface area contributed by atoms with Gasteiger partial charge in [0.25, 0.3) is 0 Å². The van der Waals surface area contributed by atoms with Crippen molar-refractivity contribution < 1.29 is 27.5 Å². The number of carbonyl (C=O) groups is 2. The average molecular weight is 658 g/mol. The van der Waals surface area contributed by atoms with Gasteiger partial charge in [0, 0.05) is 32.5 Å². The molecule has 4 rings (SSSR count). The summed E-state index contributed by atoms with van der Waals surface area (Å²) in [6, 6.07) is 30.7. The van der Waals surface area contributed by atoms with Gasteiger partial charge in [0.1, 0.15) is 6.04 Å². The minimum Gasteiger partial charge on any atom is -0.493 e. The molecular formula is C37H43N3O6S. The van der Waals surface area contributed by atoms with Gasteiger partial charge in [-0.05, 0) is 59.4 Å². The normalized spacial score (nSPS) is 11.8. The van der Waals surface area contributed by atoms with E-state index < -0.39 is 16.1 Å². The van der Waals surface area contributed by atoms with E-state index in [1.807, 2.05) is 78.9 Å². The predicted molar refractivity (Wildman–Crippen MR) is 183 cm³/mol. The number of hydrogen-bond donors (Lipinski definition) is 2. The molecule has 10 heteroatoms. The summed E-state index contributed by atoms with van der Waals surface area (Å²) < 4.78 is 37.9. The first kappa shape index (κ1) is 35.2. The van der Waals surface area contributed by atoms with E-state index in [1.165, 1.54) is 0 Å². The highest BCUT2D eigenvalue weighted by Gasteiger charge is 2.30. The Bertz CT molecular complexity index is 1700. The van der Waals surface area contributed by atoms with Crippen LogP contribution in [0, 0.1) is 0 Å². The molecule has 9 nitrogen and oxygen atoms in total. The van der Waals surface area contributed by atoms with Crippen LogP contribution in [0.2, 0.25) is 0 Å². The lowest BCUT2D eigenvalue weighted by Gasteiger charge is -2.31. The largest absolute Gasteiger partial charge is 0.493 e. The second kappa shape index (κ2) is 17.3. The van der Waals surface area contributed by atoms with Crippen LogP contribution in [0.25, 0.3) is 0 Å². The molecule has 1 atom stereocenters. The van der Waals surface area contributed by atoms with Crippen molar-refractivity contribution in [3.05, 3.63) is 125 Å². The number of sulfonamides is 1. The standard InChI is InChI=1S/C37H43N3O6S/c1-4-39-47(43,44)32-19-15-28(16-20-32)18-22-36(41)40(27-31-13-9-6-10-14-31)33(25-29-11-7-5-8-12-29)37(42)38-24-23-30-17-21-34(45-2)35(26-30)46-3/h5-17,19-21,26,33,39H,4,18,22-25,27H2,1-3H3,(H,38,42). The molecule has 4 aromatic carbocycles. The molecule has 0 aromatic heterocycles. The molecule has 0 aliphatic rings. The van der Waals surface area contributed by atoms with Crippen molar-refractivity contribution in [3.8, 4) is 11.5 Å². The van der Waals surface area contributed by atoms with Crippen LogP contribution < -0.4 is 19.5 Å². The molecule has 47 heavy (non-hydrogen) atoms. The molecule has 4 aromatic rings. The van der Waals surface area contributed by atoms with E-state index in [1.54, 1.807) is 50.3 Å². The first-order valence-electron chi connectivity index (χ1n) is 15.7. The molecule has 0 saturated carbocycles. The summed E-state index contributed by atoms with van der Waals surface area (Å²) >= 11 is 0. The monoisotopic (exact) mass is 657 g/mol. The molecule has 2 amide bonds. The molecule has 248 valence electrons. The summed E-state index contributed by atoms with van der Waals surface area (Å²) in [5, 5.41) is 3.08. The Morgan fingerprint density at radius 3 is 1.98 bits per heavy atom. The van der Waals surface area contributed by atoms with Crippen molar-refractivity contribution in [1.82, 2.24) is 14.9 Å². The zero-order valence-electron chi connectivity index (χ0n) is 27.1. The van der Waals surface area contributed by atoms with Crippen molar-refractivity contribution in [2.24, 2.45) is 0 Å². The summed E-state index contributed by atoms with van der Waals surface area (Å²) in [7, 11) is -0.402. The van der Waals surface area contributed by atoms with Gasteiger partial charge >= 0.3 is 0 Å². The third kappa shape index (κ3) is 10.2. The number of ether oxygens (including phenoxy) is 2. The number of carbonyl (C=O) groups excluding carboxylic acids is 2. The third-order valence-electron chi connectivity index (χ3n) is 7.82. The van der Waals surface area contributed by atoms with Gasteiger partial charge in [-0.15, -0.1) is 0 Å². The first-order valence-corrected chi connectivity index (χ1v) is 17.2. The number of rotatable bonds is 17. The number of hydrogen-bond acceptors (Lipinski definition) is 6. The number of methoxy groups -OCH3 is 2. The topological polar surface area (TPSA) is 114 Å². The quantitative estimate of drug-likeness (QED) is 0.167. The van der Waals surface area contributed by atoms with Gasteiger partial charge in [-0.2, -0.15) is 0 Å². The summed E-state index contributed by atoms with van der Waals surface area (Å²) in [5.74, 6) is 0.838. The molecular weight excluding hydrogens is 614 g/mol. The van der Waals surface area contributed by atoms with E-state index in [2.05, 4.69) is 10.0 Å². The predicted octanol–water partition coefficient (Wildman–Crippen LogP) is 4.93. The van der Waals surface area contributed by atoms with Crippen molar-refractivity contribution in [1.29, 1.82) is 0 Å². The Hall–Kier alpha value is -4.67. The van der Waals surface area contributed by atoms with Gasteiger partial charge in [0.2, 0.25) is 21.8 Å². The van der Waals surface area contributed by atoms with Crippen LogP contribution in [0.5, 0.6) is 11.5 Å². The molecule has 1 unspecified atom stereocenters. The van der Waals surface area contributed by atoms with E-state index in [9.17, 15) is 18.0 Å². The van der Waals surface area contributed by atoms with Gasteiger partial charge in [-0.1, -0.05) is 85.8 Å². The molecule has 0 aliphatic carbocycles. The van der Waals surface area contributed by atoms with Crippen LogP contribution in [0.1, 0.15) is 35.6 Å². The summed E-state index contributed by atoms with van der Waals surface area (Å²) in [6.45, 7) is 2.65. The lowest BCUT2D eigenvalue weighted by atomic mass is 10.0. The smallest absolute Gasteiger partial charge is 0.243 e. The molecule has 2 N–H and O–H groups in total.